The summed E-state index contributed by atoms with van der Waals surface area (Å²) in [6.07, 6.45) is 3.68. The van der Waals surface area contributed by atoms with Gasteiger partial charge in [-0.05, 0) is 58.9 Å². The van der Waals surface area contributed by atoms with Crippen LogP contribution < -0.4 is 9.47 Å². The average molecular weight is 633 g/mol. The highest BCUT2D eigenvalue weighted by atomic mass is 16.6. The summed E-state index contributed by atoms with van der Waals surface area (Å²) in [5.74, 6) is -4.83. The van der Waals surface area contributed by atoms with E-state index in [4.69, 9.17) is 19.3 Å². The van der Waals surface area contributed by atoms with Crippen molar-refractivity contribution in [2.75, 3.05) is 13.2 Å². The minimum atomic E-state index is -1.21. The van der Waals surface area contributed by atoms with Crippen molar-refractivity contribution in [1.82, 2.24) is 0 Å². The highest BCUT2D eigenvalue weighted by molar-refractivity contribution is 6.75. The Morgan fingerprint density at radius 2 is 1.02 bits per heavy atom. The fourth-order valence-electron chi connectivity index (χ4n) is 2.73. The summed E-state index contributed by atoms with van der Waals surface area (Å²) in [5.41, 5.74) is -0.682. The van der Waals surface area contributed by atoms with Gasteiger partial charge in [-0.15, -0.1) is 0 Å². The molecule has 0 unspecified atom stereocenters. The molecule has 2 aromatic carbocycles. The number of para-hydroxylation sites is 2. The molecule has 0 aromatic heterocycles. The molecule has 0 spiro atoms. The standard InChI is InChI=1S/C17H20O6.C13H12O6.CH4.B2.B/c1-5-21-14(18)10-11-15(19)22-13-9-7-6-8-12(13)16(20)23-17(2,3)4;1-2-18-11(14)7-8-12(15)19-10-6-4-3-5-9(10)13(16)17;;1-2;/h6-11H,5H2,1-4H3;3-8H,2H2,1H3,(H,16,17);1H4;;/b11-10+;8-7+;;;. The van der Waals surface area contributed by atoms with Crippen molar-refractivity contribution in [3.63, 3.8) is 0 Å². The Morgan fingerprint density at radius 3 is 1.39 bits per heavy atom. The first-order valence-electron chi connectivity index (χ1n) is 12.9. The average Bonchev–Trinajstić information content (AvgIpc) is 2.96. The van der Waals surface area contributed by atoms with E-state index < -0.39 is 41.4 Å². The van der Waals surface area contributed by atoms with Crippen LogP contribution in [-0.4, -0.2) is 83.6 Å². The predicted molar refractivity (Wildman–Crippen MR) is 172 cm³/mol. The smallest absolute Gasteiger partial charge is 0.342 e. The van der Waals surface area contributed by atoms with Crippen LogP contribution in [-0.2, 0) is 33.4 Å². The van der Waals surface area contributed by atoms with Crippen LogP contribution in [0.4, 0.5) is 0 Å². The number of carbonyl (C=O) groups is 6. The van der Waals surface area contributed by atoms with Gasteiger partial charge in [0.2, 0.25) is 0 Å². The summed E-state index contributed by atoms with van der Waals surface area (Å²) < 4.78 is 24.4. The zero-order chi connectivity index (χ0) is 33.7. The monoisotopic (exact) mass is 633 g/mol. The lowest BCUT2D eigenvalue weighted by molar-refractivity contribution is -0.138. The van der Waals surface area contributed by atoms with E-state index in [1.54, 1.807) is 46.8 Å². The first-order valence-corrected chi connectivity index (χ1v) is 12.9. The molecule has 1 N–H and O–H groups in total. The SMILES string of the molecule is C.CCOC(=O)/C=C/C(=O)Oc1ccccc1C(=O)O.CCOC(=O)/C=C/C(=O)Oc1ccccc1C(=O)OC(C)(C)C.[B].[B][B]. The van der Waals surface area contributed by atoms with Crippen LogP contribution in [0.1, 0.15) is 62.8 Å². The molecule has 7 radical (unpaired) electrons. The first kappa shape index (κ1) is 45.4. The third-order valence-corrected chi connectivity index (χ3v) is 4.33. The number of carbonyl (C=O) groups excluding carboxylic acids is 5. The van der Waals surface area contributed by atoms with E-state index in [9.17, 15) is 28.8 Å². The van der Waals surface area contributed by atoms with Gasteiger partial charge in [0.15, 0.2) is 0 Å². The van der Waals surface area contributed by atoms with Crippen molar-refractivity contribution in [3.05, 3.63) is 84.0 Å². The molecular weight excluding hydrogens is 597 g/mol. The maximum absolute atomic E-state index is 12.1. The van der Waals surface area contributed by atoms with E-state index >= 15 is 0 Å². The van der Waals surface area contributed by atoms with Gasteiger partial charge in [0, 0.05) is 48.2 Å². The molecule has 46 heavy (non-hydrogen) atoms. The molecule has 12 nitrogen and oxygen atoms in total. The molecule has 0 heterocycles. The van der Waals surface area contributed by atoms with Gasteiger partial charge in [-0.1, -0.05) is 31.7 Å². The van der Waals surface area contributed by atoms with Crippen molar-refractivity contribution < 1.29 is 57.6 Å². The van der Waals surface area contributed by atoms with Crippen molar-refractivity contribution in [3.8, 4) is 11.5 Å². The molecule has 0 fully saturated rings. The second-order valence-corrected chi connectivity index (χ2v) is 8.81. The van der Waals surface area contributed by atoms with Crippen LogP contribution in [0.25, 0.3) is 0 Å². The molecule has 2 aromatic rings. The molecule has 0 aliphatic rings. The van der Waals surface area contributed by atoms with Crippen molar-refractivity contribution >= 4 is 59.7 Å². The lowest BCUT2D eigenvalue weighted by Gasteiger charge is -2.20. The molecule has 2 rings (SSSR count). The van der Waals surface area contributed by atoms with Gasteiger partial charge in [-0.3, -0.25) is 0 Å². The van der Waals surface area contributed by atoms with Gasteiger partial charge in [0.05, 0.1) is 13.2 Å². The van der Waals surface area contributed by atoms with Crippen molar-refractivity contribution in [1.29, 1.82) is 0 Å². The number of carboxylic acid groups (broad SMARTS) is 1. The topological polar surface area (TPSA) is 169 Å². The number of hydrogen-bond acceptors (Lipinski definition) is 11. The number of benzene rings is 2. The van der Waals surface area contributed by atoms with E-state index in [1.165, 1.54) is 36.4 Å². The minimum absolute atomic E-state index is 0. The zero-order valence-corrected chi connectivity index (χ0v) is 25.5. The third-order valence-electron chi connectivity index (χ3n) is 4.33. The van der Waals surface area contributed by atoms with Crippen LogP contribution in [0.3, 0.4) is 0 Å². The first-order chi connectivity index (χ1) is 20.8. The largest absolute Gasteiger partial charge is 0.478 e. The summed E-state index contributed by atoms with van der Waals surface area (Å²) in [6, 6.07) is 11.9. The number of hydrogen-bond donors (Lipinski definition) is 1. The van der Waals surface area contributed by atoms with Gasteiger partial charge in [-0.25, -0.2) is 28.8 Å². The molecule has 15 heteroatoms. The van der Waals surface area contributed by atoms with Crippen molar-refractivity contribution in [2.45, 2.75) is 47.6 Å². The normalized spacial score (nSPS) is 9.85. The van der Waals surface area contributed by atoms with Crippen LogP contribution in [0.5, 0.6) is 11.5 Å². The molecular formula is C31H36B3O12. The van der Waals surface area contributed by atoms with Crippen LogP contribution in [0.2, 0.25) is 0 Å². The molecule has 0 aliphatic carbocycles. The van der Waals surface area contributed by atoms with Crippen molar-refractivity contribution in [2.24, 2.45) is 0 Å². The Labute approximate surface area is 273 Å². The Balaban J connectivity index is -0.000000742. The summed E-state index contributed by atoms with van der Waals surface area (Å²) in [7, 11) is 8.00. The summed E-state index contributed by atoms with van der Waals surface area (Å²) in [5, 5.41) is 8.88. The van der Waals surface area contributed by atoms with E-state index in [2.05, 4.69) is 24.9 Å². The number of esters is 5. The lowest BCUT2D eigenvalue weighted by atomic mass is 9.81. The second-order valence-electron chi connectivity index (χ2n) is 8.81. The Bertz CT molecular complexity index is 1350. The lowest BCUT2D eigenvalue weighted by Crippen LogP contribution is -2.24. The maximum atomic E-state index is 12.1. The van der Waals surface area contributed by atoms with Gasteiger partial charge in [0.1, 0.15) is 28.2 Å². The Kier molecular flexibility index (Phi) is 23.9. The zero-order valence-electron chi connectivity index (χ0n) is 25.5. The quantitative estimate of drug-likeness (QED) is 0.133. The fraction of sp³-hybridized carbons (Fsp3) is 0.290. The van der Waals surface area contributed by atoms with Crippen LogP contribution >= 0.6 is 0 Å². The molecule has 0 saturated heterocycles. The fourth-order valence-corrected chi connectivity index (χ4v) is 2.73. The summed E-state index contributed by atoms with van der Waals surface area (Å²) in [4.78, 5) is 68.2. The number of rotatable bonds is 10. The van der Waals surface area contributed by atoms with Crippen LogP contribution in [0, 0.1) is 0 Å². The molecule has 0 saturated carbocycles. The predicted octanol–water partition coefficient (Wildman–Crippen LogP) is 3.57. The summed E-state index contributed by atoms with van der Waals surface area (Å²) in [6.45, 7) is 8.90. The Hall–Kier alpha value is -5.07. The van der Waals surface area contributed by atoms with E-state index in [-0.39, 0.29) is 51.7 Å². The van der Waals surface area contributed by atoms with E-state index in [1.807, 2.05) is 0 Å². The number of aromatic carboxylic acids is 1. The van der Waals surface area contributed by atoms with E-state index in [0.29, 0.717) is 0 Å². The highest BCUT2D eigenvalue weighted by Gasteiger charge is 2.21. The summed E-state index contributed by atoms with van der Waals surface area (Å²) >= 11 is 0. The second kappa shape index (κ2) is 24.3. The van der Waals surface area contributed by atoms with Gasteiger partial charge >= 0.3 is 35.8 Å². The molecule has 0 amide bonds. The maximum Gasteiger partial charge on any atom is 0.342 e. The molecule has 0 atom stereocenters. The molecule has 0 aliphatic heterocycles. The Morgan fingerprint density at radius 1 is 0.674 bits per heavy atom. The highest BCUT2D eigenvalue weighted by Crippen LogP contribution is 2.22. The van der Waals surface area contributed by atoms with Gasteiger partial charge in [0.25, 0.3) is 0 Å². The third kappa shape index (κ3) is 19.3. The van der Waals surface area contributed by atoms with Gasteiger partial charge < -0.3 is 28.8 Å². The van der Waals surface area contributed by atoms with Gasteiger partial charge in [-0.2, -0.15) is 0 Å². The minimum Gasteiger partial charge on any atom is -0.478 e. The molecule has 0 bridgehead atoms. The molecule has 241 valence electrons. The van der Waals surface area contributed by atoms with E-state index in [0.717, 1.165) is 24.3 Å². The number of ether oxygens (including phenoxy) is 5. The number of carboxylic acids is 1. The van der Waals surface area contributed by atoms with Crippen LogP contribution in [0.15, 0.2) is 72.8 Å².